The third-order valence-corrected chi connectivity index (χ3v) is 2.50. The molecule has 0 atom stereocenters. The van der Waals surface area contributed by atoms with Crippen molar-refractivity contribution in [1.82, 2.24) is 9.97 Å². The summed E-state index contributed by atoms with van der Waals surface area (Å²) in [6, 6.07) is 6.01. The maximum Gasteiger partial charge on any atom is 1.00 e. The Morgan fingerprint density at radius 2 is 2.05 bits per heavy atom. The molecule has 2 rings (SSSR count). The van der Waals surface area contributed by atoms with E-state index in [1.807, 2.05) is 6.07 Å². The number of nitrogens with zero attached hydrogens (tertiary/aromatic N) is 3. The molecule has 21 heavy (non-hydrogen) atoms. The summed E-state index contributed by atoms with van der Waals surface area (Å²) < 4.78 is 42.9. The van der Waals surface area contributed by atoms with Gasteiger partial charge in [0.1, 0.15) is 24.1 Å². The van der Waals surface area contributed by atoms with Crippen LogP contribution < -0.4 is 61.6 Å². The van der Waals surface area contributed by atoms with Gasteiger partial charge in [-0.25, -0.2) is 4.98 Å². The first-order valence-electron chi connectivity index (χ1n) is 5.62. The number of hydrogen-bond acceptors (Lipinski definition) is 4. The maximum atomic E-state index is 12.6. The molecule has 0 bridgehead atoms. The number of ether oxygens (including phenoxy) is 1. The molecule has 2 heterocycles. The summed E-state index contributed by atoms with van der Waals surface area (Å²) >= 11 is 0. The van der Waals surface area contributed by atoms with Crippen LogP contribution >= 0.6 is 0 Å². The van der Waals surface area contributed by atoms with E-state index in [9.17, 15) is 12.9 Å². The molecular weight excluding hydrogens is 309 g/mol. The topological polar surface area (TPSA) is 58.8 Å². The first kappa shape index (κ1) is 18.1. The van der Waals surface area contributed by atoms with Crippen molar-refractivity contribution in [2.24, 2.45) is 0 Å². The van der Waals surface area contributed by atoms with Crippen LogP contribution in [0.25, 0.3) is 0 Å². The Balaban J connectivity index is 0.00000220. The monoisotopic (exact) mass is 317 g/mol. The van der Waals surface area contributed by atoms with Gasteiger partial charge in [-0.05, 0) is 12.1 Å². The third-order valence-electron chi connectivity index (χ3n) is 2.50. The van der Waals surface area contributed by atoms with Crippen LogP contribution in [0.3, 0.4) is 0 Å². The van der Waals surface area contributed by atoms with Crippen LogP contribution in [0.2, 0.25) is 0 Å². The fourth-order valence-corrected chi connectivity index (χ4v) is 1.51. The normalized spacial score (nSPS) is 10.4. The van der Waals surface area contributed by atoms with E-state index in [1.54, 1.807) is 12.1 Å². The summed E-state index contributed by atoms with van der Waals surface area (Å²) in [7, 11) is 0. The minimum atomic E-state index is -5.11. The molecule has 0 saturated carbocycles. The molecule has 0 fully saturated rings. The van der Waals surface area contributed by atoms with Gasteiger partial charge in [0, 0.05) is 18.0 Å². The number of halogens is 3. The first-order chi connectivity index (χ1) is 9.50. The fraction of sp³-hybridized carbons (Fsp3) is 0.0833. The standard InChI is InChI=1S/C12H8BF3N3O.K/c14-13(15,16)10-4-11(7-18-6-10)20-8-9-2-1-3-19-12(9)5-17;/h1-4,6-7H,8H2;/q-1;+1. The van der Waals surface area contributed by atoms with E-state index in [-0.39, 0.29) is 69.4 Å². The molecule has 0 unspecified atom stereocenters. The van der Waals surface area contributed by atoms with E-state index in [1.165, 1.54) is 12.4 Å². The molecule has 9 heteroatoms. The Morgan fingerprint density at radius 1 is 1.29 bits per heavy atom. The van der Waals surface area contributed by atoms with E-state index >= 15 is 0 Å². The zero-order chi connectivity index (χ0) is 14.6. The Labute approximate surface area is 161 Å². The van der Waals surface area contributed by atoms with Gasteiger partial charge in [0.05, 0.1) is 6.20 Å². The zero-order valence-corrected chi connectivity index (χ0v) is 14.3. The smallest absolute Gasteiger partial charge is 0.487 e. The van der Waals surface area contributed by atoms with Crippen LogP contribution in [0.5, 0.6) is 5.75 Å². The number of hydrogen-bond donors (Lipinski definition) is 0. The van der Waals surface area contributed by atoms with Crippen molar-refractivity contribution in [2.45, 2.75) is 6.61 Å². The number of rotatable bonds is 4. The molecule has 0 saturated heterocycles. The van der Waals surface area contributed by atoms with Gasteiger partial charge < -0.3 is 17.7 Å². The van der Waals surface area contributed by atoms with Gasteiger partial charge in [-0.1, -0.05) is 11.5 Å². The van der Waals surface area contributed by atoms with Gasteiger partial charge in [-0.2, -0.15) is 5.26 Å². The van der Waals surface area contributed by atoms with Gasteiger partial charge in [-0.15, -0.1) is 0 Å². The summed E-state index contributed by atoms with van der Waals surface area (Å²) in [6.07, 6.45) is 3.39. The molecular formula is C12H8BF3KN3O. The largest absolute Gasteiger partial charge is 1.00 e. The average molecular weight is 317 g/mol. The maximum absolute atomic E-state index is 12.6. The van der Waals surface area contributed by atoms with Crippen molar-refractivity contribution in [3.63, 3.8) is 0 Å². The number of aromatic nitrogens is 2. The van der Waals surface area contributed by atoms with Crippen molar-refractivity contribution in [2.75, 3.05) is 0 Å². The van der Waals surface area contributed by atoms with Crippen molar-refractivity contribution < 1.29 is 69.1 Å². The second kappa shape index (κ2) is 7.91. The van der Waals surface area contributed by atoms with Gasteiger partial charge in [0.2, 0.25) is 0 Å². The van der Waals surface area contributed by atoms with Crippen LogP contribution in [0.4, 0.5) is 12.9 Å². The fourth-order valence-electron chi connectivity index (χ4n) is 1.51. The van der Waals surface area contributed by atoms with Crippen LogP contribution in [-0.4, -0.2) is 16.9 Å². The first-order valence-corrected chi connectivity index (χ1v) is 5.62. The molecule has 0 aliphatic carbocycles. The Hall–Kier alpha value is -0.919. The molecule has 0 N–H and O–H groups in total. The van der Waals surface area contributed by atoms with Gasteiger partial charge in [0.15, 0.2) is 0 Å². The summed E-state index contributed by atoms with van der Waals surface area (Å²) in [5.41, 5.74) is -0.149. The van der Waals surface area contributed by atoms with Crippen molar-refractivity contribution in [3.05, 3.63) is 48.0 Å². The molecule has 0 aliphatic rings. The zero-order valence-electron chi connectivity index (χ0n) is 11.1. The molecule has 2 aromatic rings. The van der Waals surface area contributed by atoms with E-state index in [2.05, 4.69) is 9.97 Å². The van der Waals surface area contributed by atoms with E-state index in [4.69, 9.17) is 10.00 Å². The Bertz CT molecular complexity index is 661. The quantitative estimate of drug-likeness (QED) is 0.678. The molecule has 4 nitrogen and oxygen atoms in total. The van der Waals surface area contributed by atoms with Crippen LogP contribution in [0.15, 0.2) is 36.8 Å². The summed E-state index contributed by atoms with van der Waals surface area (Å²) in [4.78, 5) is 7.33. The molecule has 0 spiro atoms. The molecule has 0 amide bonds. The van der Waals surface area contributed by atoms with Crippen LogP contribution in [0, 0.1) is 11.3 Å². The van der Waals surface area contributed by atoms with E-state index < -0.39 is 12.4 Å². The van der Waals surface area contributed by atoms with E-state index in [0.717, 1.165) is 12.3 Å². The van der Waals surface area contributed by atoms with Crippen LogP contribution in [0.1, 0.15) is 11.3 Å². The van der Waals surface area contributed by atoms with E-state index in [0.29, 0.717) is 5.56 Å². The van der Waals surface area contributed by atoms with Gasteiger partial charge in [0.25, 0.3) is 0 Å². The third kappa shape index (κ3) is 5.09. The molecule has 102 valence electrons. The van der Waals surface area contributed by atoms with Gasteiger partial charge >= 0.3 is 58.4 Å². The minimum Gasteiger partial charge on any atom is -0.487 e. The second-order valence-corrected chi connectivity index (χ2v) is 3.94. The van der Waals surface area contributed by atoms with Gasteiger partial charge in [-0.3, -0.25) is 4.98 Å². The molecule has 0 radical (unpaired) electrons. The molecule has 2 aromatic heterocycles. The molecule has 0 aromatic carbocycles. The SMILES string of the molecule is N#Cc1ncccc1COc1cncc([B-](F)(F)F)c1.[K+]. The van der Waals surface area contributed by atoms with Crippen molar-refractivity contribution in [3.8, 4) is 11.8 Å². The number of pyridine rings is 2. The van der Waals surface area contributed by atoms with Crippen molar-refractivity contribution in [1.29, 1.82) is 5.26 Å². The van der Waals surface area contributed by atoms with Crippen molar-refractivity contribution >= 4 is 12.4 Å². The predicted molar refractivity (Wildman–Crippen MR) is 66.2 cm³/mol. The minimum absolute atomic E-state index is 0. The second-order valence-electron chi connectivity index (χ2n) is 3.94. The average Bonchev–Trinajstić information content (AvgIpc) is 2.45. The summed E-state index contributed by atoms with van der Waals surface area (Å²) in [5.74, 6) is -0.00515. The molecule has 0 aliphatic heterocycles. The predicted octanol–water partition coefficient (Wildman–Crippen LogP) is -1.01. The summed E-state index contributed by atoms with van der Waals surface area (Å²) in [5, 5.41) is 8.84. The summed E-state index contributed by atoms with van der Waals surface area (Å²) in [6.45, 7) is -5.16. The Morgan fingerprint density at radius 3 is 2.71 bits per heavy atom. The Kier molecular flexibility index (Phi) is 6.83. The van der Waals surface area contributed by atoms with Crippen LogP contribution in [-0.2, 0) is 6.61 Å². The number of nitriles is 1.